The second kappa shape index (κ2) is 6.66. The molecule has 0 fully saturated rings. The molecule has 0 aliphatic carbocycles. The first-order valence-corrected chi connectivity index (χ1v) is 6.19. The predicted octanol–water partition coefficient (Wildman–Crippen LogP) is 2.21. The van der Waals surface area contributed by atoms with Gasteiger partial charge in [0.15, 0.2) is 0 Å². The fourth-order valence-electron chi connectivity index (χ4n) is 2.00. The Morgan fingerprint density at radius 2 is 1.81 bits per heavy atom. The Morgan fingerprint density at radius 3 is 2.38 bits per heavy atom. The largest absolute Gasteiger partial charge is 0.326 e. The van der Waals surface area contributed by atoms with Gasteiger partial charge in [-0.2, -0.15) is 0 Å². The molecule has 2 heteroatoms. The van der Waals surface area contributed by atoms with Gasteiger partial charge in [-0.3, -0.25) is 0 Å². The van der Waals surface area contributed by atoms with E-state index in [1.54, 1.807) is 0 Å². The van der Waals surface area contributed by atoms with Crippen LogP contribution in [0.4, 0.5) is 0 Å². The van der Waals surface area contributed by atoms with Crippen molar-refractivity contribution in [3.8, 4) is 0 Å². The molecule has 0 aromatic heterocycles. The molecule has 1 aromatic rings. The van der Waals surface area contributed by atoms with Crippen molar-refractivity contribution in [3.63, 3.8) is 0 Å². The SMILES string of the molecule is CCN(CC)CC(N)Cc1ccccc1C. The lowest BCUT2D eigenvalue weighted by Gasteiger charge is -2.23. The van der Waals surface area contributed by atoms with E-state index in [0.717, 1.165) is 26.1 Å². The Morgan fingerprint density at radius 1 is 1.19 bits per heavy atom. The average Bonchev–Trinajstić information content (AvgIpc) is 2.29. The first kappa shape index (κ1) is 13.2. The summed E-state index contributed by atoms with van der Waals surface area (Å²) in [5.41, 5.74) is 8.91. The average molecular weight is 220 g/mol. The molecule has 0 radical (unpaired) electrons. The number of aryl methyl sites for hydroxylation is 1. The van der Waals surface area contributed by atoms with Gasteiger partial charge in [-0.15, -0.1) is 0 Å². The van der Waals surface area contributed by atoms with E-state index in [2.05, 4.69) is 49.9 Å². The van der Waals surface area contributed by atoms with E-state index in [-0.39, 0.29) is 6.04 Å². The van der Waals surface area contributed by atoms with Gasteiger partial charge in [0.2, 0.25) is 0 Å². The van der Waals surface area contributed by atoms with Crippen LogP contribution in [0, 0.1) is 6.92 Å². The third-order valence-corrected chi connectivity index (χ3v) is 3.13. The Hall–Kier alpha value is -0.860. The molecule has 2 nitrogen and oxygen atoms in total. The molecule has 0 spiro atoms. The van der Waals surface area contributed by atoms with Gasteiger partial charge in [0.05, 0.1) is 0 Å². The second-order valence-electron chi connectivity index (χ2n) is 4.38. The molecule has 1 rings (SSSR count). The van der Waals surface area contributed by atoms with E-state index in [1.807, 2.05) is 0 Å². The molecule has 0 aliphatic rings. The highest BCUT2D eigenvalue weighted by molar-refractivity contribution is 5.26. The molecule has 1 unspecified atom stereocenters. The summed E-state index contributed by atoms with van der Waals surface area (Å²) < 4.78 is 0. The van der Waals surface area contributed by atoms with Crippen LogP contribution in [-0.2, 0) is 6.42 Å². The highest BCUT2D eigenvalue weighted by atomic mass is 15.1. The molecule has 0 saturated heterocycles. The molecule has 2 N–H and O–H groups in total. The number of benzene rings is 1. The molecule has 1 aromatic carbocycles. The third-order valence-electron chi connectivity index (χ3n) is 3.13. The first-order chi connectivity index (χ1) is 7.67. The van der Waals surface area contributed by atoms with E-state index in [1.165, 1.54) is 11.1 Å². The van der Waals surface area contributed by atoms with Gasteiger partial charge in [-0.25, -0.2) is 0 Å². The van der Waals surface area contributed by atoms with Crippen LogP contribution in [0.2, 0.25) is 0 Å². The summed E-state index contributed by atoms with van der Waals surface area (Å²) in [4.78, 5) is 2.38. The highest BCUT2D eigenvalue weighted by Gasteiger charge is 2.09. The summed E-state index contributed by atoms with van der Waals surface area (Å²) in [7, 11) is 0. The molecule has 0 heterocycles. The van der Waals surface area contributed by atoms with Crippen molar-refractivity contribution in [2.24, 2.45) is 5.73 Å². The minimum Gasteiger partial charge on any atom is -0.326 e. The monoisotopic (exact) mass is 220 g/mol. The smallest absolute Gasteiger partial charge is 0.0208 e. The molecule has 0 amide bonds. The van der Waals surface area contributed by atoms with Gasteiger partial charge >= 0.3 is 0 Å². The fourth-order valence-corrected chi connectivity index (χ4v) is 2.00. The van der Waals surface area contributed by atoms with Gasteiger partial charge in [-0.05, 0) is 37.6 Å². The number of rotatable bonds is 6. The maximum absolute atomic E-state index is 6.18. The lowest BCUT2D eigenvalue weighted by molar-refractivity contribution is 0.282. The standard InChI is InChI=1S/C14H24N2/c1-4-16(5-2)11-14(15)10-13-9-7-6-8-12(13)3/h6-9,14H,4-5,10-11,15H2,1-3H3. The van der Waals surface area contributed by atoms with Crippen molar-refractivity contribution in [2.45, 2.75) is 33.2 Å². The summed E-state index contributed by atoms with van der Waals surface area (Å²) in [5, 5.41) is 0. The molecule has 0 saturated carbocycles. The molecule has 0 aliphatic heterocycles. The van der Waals surface area contributed by atoms with E-state index in [0.29, 0.717) is 0 Å². The lowest BCUT2D eigenvalue weighted by atomic mass is 10.0. The molecular weight excluding hydrogens is 196 g/mol. The van der Waals surface area contributed by atoms with Crippen molar-refractivity contribution in [2.75, 3.05) is 19.6 Å². The highest BCUT2D eigenvalue weighted by Crippen LogP contribution is 2.09. The Bertz CT molecular complexity index is 305. The molecule has 90 valence electrons. The third kappa shape index (κ3) is 3.95. The number of hydrogen-bond donors (Lipinski definition) is 1. The number of likely N-dealkylation sites (N-methyl/N-ethyl adjacent to an activating group) is 1. The van der Waals surface area contributed by atoms with Crippen molar-refractivity contribution in [1.82, 2.24) is 4.90 Å². The van der Waals surface area contributed by atoms with Gasteiger partial charge in [0, 0.05) is 12.6 Å². The Labute approximate surface area is 99.5 Å². The molecule has 1 atom stereocenters. The molecular formula is C14H24N2. The van der Waals surface area contributed by atoms with Crippen molar-refractivity contribution in [1.29, 1.82) is 0 Å². The van der Waals surface area contributed by atoms with Crippen LogP contribution in [0.1, 0.15) is 25.0 Å². The van der Waals surface area contributed by atoms with Gasteiger partial charge < -0.3 is 10.6 Å². The zero-order valence-corrected chi connectivity index (χ0v) is 10.7. The molecule has 0 bridgehead atoms. The molecule has 16 heavy (non-hydrogen) atoms. The summed E-state index contributed by atoms with van der Waals surface area (Å²) >= 11 is 0. The van der Waals surface area contributed by atoms with Gasteiger partial charge in [0.25, 0.3) is 0 Å². The zero-order valence-electron chi connectivity index (χ0n) is 10.7. The van der Waals surface area contributed by atoms with Crippen molar-refractivity contribution in [3.05, 3.63) is 35.4 Å². The van der Waals surface area contributed by atoms with Crippen LogP contribution in [-0.4, -0.2) is 30.6 Å². The van der Waals surface area contributed by atoms with Crippen molar-refractivity contribution < 1.29 is 0 Å². The quantitative estimate of drug-likeness (QED) is 0.796. The number of nitrogens with two attached hydrogens (primary N) is 1. The number of hydrogen-bond acceptors (Lipinski definition) is 2. The van der Waals surface area contributed by atoms with Crippen LogP contribution < -0.4 is 5.73 Å². The predicted molar refractivity (Wildman–Crippen MR) is 70.6 cm³/mol. The normalized spacial score (nSPS) is 13.1. The van der Waals surface area contributed by atoms with Crippen LogP contribution in [0.3, 0.4) is 0 Å². The zero-order chi connectivity index (χ0) is 12.0. The van der Waals surface area contributed by atoms with E-state index in [4.69, 9.17) is 5.73 Å². The van der Waals surface area contributed by atoms with E-state index >= 15 is 0 Å². The minimum absolute atomic E-state index is 0.237. The van der Waals surface area contributed by atoms with E-state index < -0.39 is 0 Å². The van der Waals surface area contributed by atoms with Gasteiger partial charge in [0.1, 0.15) is 0 Å². The fraction of sp³-hybridized carbons (Fsp3) is 0.571. The number of nitrogens with zero attached hydrogens (tertiary/aromatic N) is 1. The lowest BCUT2D eigenvalue weighted by Crippen LogP contribution is -2.38. The summed E-state index contributed by atoms with van der Waals surface area (Å²) in [6.45, 7) is 9.67. The summed E-state index contributed by atoms with van der Waals surface area (Å²) in [6, 6.07) is 8.74. The second-order valence-corrected chi connectivity index (χ2v) is 4.38. The van der Waals surface area contributed by atoms with Crippen molar-refractivity contribution >= 4 is 0 Å². The first-order valence-electron chi connectivity index (χ1n) is 6.19. The van der Waals surface area contributed by atoms with Crippen LogP contribution >= 0.6 is 0 Å². The topological polar surface area (TPSA) is 29.3 Å². The maximum atomic E-state index is 6.18. The van der Waals surface area contributed by atoms with Crippen LogP contribution in [0.15, 0.2) is 24.3 Å². The Balaban J connectivity index is 2.51. The summed E-state index contributed by atoms with van der Waals surface area (Å²) in [6.07, 6.45) is 0.975. The van der Waals surface area contributed by atoms with Crippen LogP contribution in [0.5, 0.6) is 0 Å². The Kier molecular flexibility index (Phi) is 5.50. The minimum atomic E-state index is 0.237. The van der Waals surface area contributed by atoms with Crippen LogP contribution in [0.25, 0.3) is 0 Å². The van der Waals surface area contributed by atoms with E-state index in [9.17, 15) is 0 Å². The summed E-state index contributed by atoms with van der Waals surface area (Å²) in [5.74, 6) is 0. The maximum Gasteiger partial charge on any atom is 0.0208 e. The van der Waals surface area contributed by atoms with Gasteiger partial charge in [-0.1, -0.05) is 38.1 Å².